The number of aliphatic carboxylic acids is 1. The Bertz CT molecular complexity index is 1220. The topological polar surface area (TPSA) is 79.3 Å². The minimum absolute atomic E-state index is 0.0364. The number of aromatic nitrogens is 1. The van der Waals surface area contributed by atoms with Crippen LogP contribution in [0.25, 0.3) is 10.4 Å². The minimum atomic E-state index is -0.728. The van der Waals surface area contributed by atoms with Crippen LogP contribution in [0.2, 0.25) is 0 Å². The van der Waals surface area contributed by atoms with Crippen molar-refractivity contribution in [2.75, 3.05) is 0 Å². The number of rotatable bonds is 7. The highest BCUT2D eigenvalue weighted by atomic mass is 32.1. The van der Waals surface area contributed by atoms with E-state index in [4.69, 9.17) is 4.98 Å². The van der Waals surface area contributed by atoms with Gasteiger partial charge in [0.25, 0.3) is 5.91 Å². The SMILES string of the molecule is CC(C)(C)c1cc(-c2sc(C(=O)NC34CC(C(=O)O)(C3)C4)nc2CC2CCCCC2)cc(C2(C)CC2)c1. The van der Waals surface area contributed by atoms with E-state index >= 15 is 0 Å². The van der Waals surface area contributed by atoms with Crippen LogP contribution in [0, 0.1) is 11.3 Å². The molecule has 1 aromatic carbocycles. The number of carboxylic acid groups (broad SMARTS) is 1. The molecule has 37 heavy (non-hydrogen) atoms. The summed E-state index contributed by atoms with van der Waals surface area (Å²) in [4.78, 5) is 31.0. The molecule has 7 rings (SSSR count). The molecule has 5 fully saturated rings. The molecule has 1 heterocycles. The van der Waals surface area contributed by atoms with Crippen molar-refractivity contribution in [2.24, 2.45) is 11.3 Å². The summed E-state index contributed by atoms with van der Waals surface area (Å²) in [6, 6.07) is 7.08. The van der Waals surface area contributed by atoms with Gasteiger partial charge in [0, 0.05) is 5.54 Å². The number of hydrogen-bond donors (Lipinski definition) is 2. The molecule has 5 nitrogen and oxygen atoms in total. The van der Waals surface area contributed by atoms with Crippen molar-refractivity contribution in [3.8, 4) is 10.4 Å². The van der Waals surface area contributed by atoms with E-state index in [1.807, 2.05) is 0 Å². The zero-order chi connectivity index (χ0) is 26.2. The van der Waals surface area contributed by atoms with Crippen LogP contribution >= 0.6 is 11.3 Å². The van der Waals surface area contributed by atoms with E-state index in [2.05, 4.69) is 51.2 Å². The standard InChI is InChI=1S/C31H40N2O3S/c1-28(2,3)21-13-20(14-22(15-21)29(4)10-11-29)24-23(12-19-8-6-5-7-9-19)32-26(37-24)25(34)33-31-16-30(17-31,18-31)27(35)36/h13-15,19H,5-12,16-18H2,1-4H3,(H,33,34)(H,35,36). The summed E-state index contributed by atoms with van der Waals surface area (Å²) in [7, 11) is 0. The van der Waals surface area contributed by atoms with Gasteiger partial charge in [-0.1, -0.05) is 65.9 Å². The fourth-order valence-corrected chi connectivity index (χ4v) is 7.91. The molecule has 1 aromatic heterocycles. The summed E-state index contributed by atoms with van der Waals surface area (Å²) in [5.74, 6) is -0.236. The molecule has 5 aliphatic rings. The molecule has 0 radical (unpaired) electrons. The maximum absolute atomic E-state index is 13.4. The normalized spacial score (nSPS) is 28.2. The molecule has 198 valence electrons. The van der Waals surface area contributed by atoms with E-state index in [9.17, 15) is 14.7 Å². The van der Waals surface area contributed by atoms with Gasteiger partial charge in [-0.3, -0.25) is 9.59 Å². The third kappa shape index (κ3) is 4.43. The van der Waals surface area contributed by atoms with E-state index in [-0.39, 0.29) is 22.3 Å². The first-order valence-corrected chi connectivity index (χ1v) is 14.9. The molecule has 0 unspecified atom stereocenters. The van der Waals surface area contributed by atoms with Gasteiger partial charge in [-0.15, -0.1) is 11.3 Å². The van der Waals surface area contributed by atoms with Crippen LogP contribution in [0.1, 0.15) is 119 Å². The van der Waals surface area contributed by atoms with Crippen molar-refractivity contribution >= 4 is 23.2 Å². The molecule has 1 amide bonds. The molecule has 5 saturated carbocycles. The highest BCUT2D eigenvalue weighted by Gasteiger charge is 2.72. The number of amides is 1. The van der Waals surface area contributed by atoms with Gasteiger partial charge >= 0.3 is 5.97 Å². The molecule has 0 saturated heterocycles. The first-order chi connectivity index (χ1) is 17.4. The zero-order valence-electron chi connectivity index (χ0n) is 22.7. The van der Waals surface area contributed by atoms with Gasteiger partial charge in [-0.2, -0.15) is 0 Å². The Labute approximate surface area is 224 Å². The second-order valence-corrected chi connectivity index (χ2v) is 15.0. The Balaban J connectivity index is 1.34. The Morgan fingerprint density at radius 1 is 1.08 bits per heavy atom. The Kier molecular flexibility index (Phi) is 5.69. The van der Waals surface area contributed by atoms with Gasteiger partial charge in [-0.05, 0) is 84.1 Å². The Hall–Kier alpha value is -2.21. The predicted molar refractivity (Wildman–Crippen MR) is 147 cm³/mol. The molecule has 2 bridgehead atoms. The largest absolute Gasteiger partial charge is 0.481 e. The summed E-state index contributed by atoms with van der Waals surface area (Å²) < 4.78 is 0. The highest BCUT2D eigenvalue weighted by molar-refractivity contribution is 7.17. The number of carbonyl (C=O) groups excluding carboxylic acids is 1. The lowest BCUT2D eigenvalue weighted by molar-refractivity contribution is -0.196. The van der Waals surface area contributed by atoms with Crippen LogP contribution in [-0.4, -0.2) is 27.5 Å². The second kappa shape index (κ2) is 8.39. The monoisotopic (exact) mass is 520 g/mol. The fraction of sp³-hybridized carbons (Fsp3) is 0.645. The summed E-state index contributed by atoms with van der Waals surface area (Å²) in [5.41, 5.74) is 4.37. The van der Waals surface area contributed by atoms with Crippen molar-refractivity contribution in [1.82, 2.24) is 10.3 Å². The lowest BCUT2D eigenvalue weighted by Crippen LogP contribution is -2.77. The van der Waals surface area contributed by atoms with Crippen LogP contribution in [0.4, 0.5) is 0 Å². The first-order valence-electron chi connectivity index (χ1n) is 14.1. The Morgan fingerprint density at radius 3 is 2.35 bits per heavy atom. The van der Waals surface area contributed by atoms with Crippen LogP contribution < -0.4 is 5.32 Å². The molecule has 5 aliphatic carbocycles. The van der Waals surface area contributed by atoms with E-state index in [0.29, 0.717) is 30.2 Å². The van der Waals surface area contributed by atoms with Gasteiger partial charge < -0.3 is 10.4 Å². The fourth-order valence-electron chi connectivity index (χ4n) is 6.94. The number of thiazole rings is 1. The van der Waals surface area contributed by atoms with Gasteiger partial charge in [0.15, 0.2) is 5.01 Å². The summed E-state index contributed by atoms with van der Waals surface area (Å²) >= 11 is 1.53. The molecule has 0 spiro atoms. The maximum Gasteiger partial charge on any atom is 0.309 e. The average molecular weight is 521 g/mol. The van der Waals surface area contributed by atoms with Crippen molar-refractivity contribution in [3.05, 3.63) is 40.0 Å². The van der Waals surface area contributed by atoms with E-state index < -0.39 is 11.4 Å². The molecule has 0 atom stereocenters. The average Bonchev–Trinajstić information content (AvgIpc) is 3.41. The second-order valence-electron chi connectivity index (χ2n) is 14.0. The van der Waals surface area contributed by atoms with Crippen LogP contribution in [0.3, 0.4) is 0 Å². The number of carbonyl (C=O) groups is 2. The molecular formula is C31H40N2O3S. The molecular weight excluding hydrogens is 480 g/mol. The number of nitrogens with one attached hydrogen (secondary N) is 1. The zero-order valence-corrected chi connectivity index (χ0v) is 23.5. The van der Waals surface area contributed by atoms with E-state index in [0.717, 1.165) is 17.0 Å². The summed E-state index contributed by atoms with van der Waals surface area (Å²) in [6.07, 6.45) is 11.4. The lowest BCUT2D eigenvalue weighted by Gasteiger charge is -2.67. The van der Waals surface area contributed by atoms with Crippen LogP contribution in [0.15, 0.2) is 18.2 Å². The number of benzene rings is 1. The van der Waals surface area contributed by atoms with Gasteiger partial charge in [-0.25, -0.2) is 4.98 Å². The lowest BCUT2D eigenvalue weighted by atomic mass is 9.39. The molecule has 0 aliphatic heterocycles. The van der Waals surface area contributed by atoms with E-state index in [1.54, 1.807) is 0 Å². The molecule has 2 aromatic rings. The number of carboxylic acids is 1. The van der Waals surface area contributed by atoms with Crippen molar-refractivity contribution in [2.45, 2.75) is 115 Å². The smallest absolute Gasteiger partial charge is 0.309 e. The van der Waals surface area contributed by atoms with Crippen molar-refractivity contribution < 1.29 is 14.7 Å². The highest BCUT2D eigenvalue weighted by Crippen LogP contribution is 2.67. The number of hydrogen-bond acceptors (Lipinski definition) is 4. The minimum Gasteiger partial charge on any atom is -0.481 e. The van der Waals surface area contributed by atoms with Gasteiger partial charge in [0.2, 0.25) is 0 Å². The summed E-state index contributed by atoms with van der Waals surface area (Å²) in [6.45, 7) is 9.18. The van der Waals surface area contributed by atoms with Crippen LogP contribution in [-0.2, 0) is 22.0 Å². The van der Waals surface area contributed by atoms with Crippen molar-refractivity contribution in [3.63, 3.8) is 0 Å². The third-order valence-corrected chi connectivity index (χ3v) is 10.9. The first kappa shape index (κ1) is 25.1. The van der Waals surface area contributed by atoms with Crippen LogP contribution in [0.5, 0.6) is 0 Å². The van der Waals surface area contributed by atoms with E-state index in [1.165, 1.54) is 73.0 Å². The molecule has 6 heteroatoms. The Morgan fingerprint density at radius 2 is 1.76 bits per heavy atom. The van der Waals surface area contributed by atoms with Crippen molar-refractivity contribution in [1.29, 1.82) is 0 Å². The predicted octanol–water partition coefficient (Wildman–Crippen LogP) is 7.02. The van der Waals surface area contributed by atoms with Gasteiger partial charge in [0.1, 0.15) is 0 Å². The maximum atomic E-state index is 13.4. The quantitative estimate of drug-likeness (QED) is 0.411. The van der Waals surface area contributed by atoms with Gasteiger partial charge in [0.05, 0.1) is 16.0 Å². The third-order valence-electron chi connectivity index (χ3n) is 9.72. The summed E-state index contributed by atoms with van der Waals surface area (Å²) in [5, 5.41) is 13.2. The molecule has 2 N–H and O–H groups in total. The number of nitrogens with zero attached hydrogens (tertiary/aromatic N) is 1.